The molecule has 50 valence electrons. The van der Waals surface area contributed by atoms with Crippen LogP contribution in [0, 0.1) is 0 Å². The van der Waals surface area contributed by atoms with Gasteiger partial charge < -0.3 is 0 Å². The Morgan fingerprint density at radius 1 is 0.625 bits per heavy atom. The van der Waals surface area contributed by atoms with Crippen molar-refractivity contribution in [3.8, 4) is 0 Å². The minimum Gasteiger partial charge on any atom is -0.281 e. The zero-order valence-corrected chi connectivity index (χ0v) is 6.16. The van der Waals surface area contributed by atoms with Gasteiger partial charge in [0.25, 0.3) is 0 Å². The summed E-state index contributed by atoms with van der Waals surface area (Å²) in [5.41, 5.74) is 0. The average molecular weight is 133 g/mol. The second-order valence-electron chi connectivity index (χ2n) is 2.12. The van der Waals surface area contributed by atoms with E-state index in [2.05, 4.69) is 18.0 Å². The van der Waals surface area contributed by atoms with Crippen LogP contribution in [-0.2, 0) is 0 Å². The smallest absolute Gasteiger partial charge is 0.0533 e. The molecule has 0 saturated heterocycles. The fraction of sp³-hybridized carbons (Fsp3) is 1.00. The van der Waals surface area contributed by atoms with Crippen molar-refractivity contribution in [2.45, 2.75) is 38.5 Å². The summed E-state index contributed by atoms with van der Waals surface area (Å²) in [6.07, 6.45) is 9.00. The Bertz CT molecular complexity index is 24.0. The highest BCUT2D eigenvalue weighted by Crippen LogP contribution is 2.15. The molecule has 1 saturated carbocycles. The standard InChI is InChI=1S/C6H12.H3NS/c1-2-4-6-5-3-1;1-2/h1-6H2;2H,1H2. The largest absolute Gasteiger partial charge is 0.281 e. The van der Waals surface area contributed by atoms with E-state index in [4.69, 9.17) is 0 Å². The van der Waals surface area contributed by atoms with Crippen molar-refractivity contribution in [2.24, 2.45) is 5.14 Å². The molecule has 2 N–H and O–H groups in total. The van der Waals surface area contributed by atoms with E-state index in [0.29, 0.717) is 0 Å². The van der Waals surface area contributed by atoms with Crippen molar-refractivity contribution >= 4 is 12.8 Å². The molecule has 0 heterocycles. The van der Waals surface area contributed by atoms with Gasteiger partial charge in [0.15, 0.2) is 0 Å². The lowest BCUT2D eigenvalue weighted by molar-refractivity contribution is 0.504. The van der Waals surface area contributed by atoms with Crippen molar-refractivity contribution in [1.82, 2.24) is 0 Å². The maximum Gasteiger partial charge on any atom is -0.0533 e. The minimum absolute atomic E-state index is 1.50. The predicted octanol–water partition coefficient (Wildman–Crippen LogP) is 2.13. The van der Waals surface area contributed by atoms with Crippen molar-refractivity contribution in [2.75, 3.05) is 0 Å². The van der Waals surface area contributed by atoms with Crippen molar-refractivity contribution in [3.63, 3.8) is 0 Å². The van der Waals surface area contributed by atoms with Crippen LogP contribution in [-0.4, -0.2) is 0 Å². The van der Waals surface area contributed by atoms with Gasteiger partial charge in [-0.2, -0.15) is 0 Å². The zero-order valence-electron chi connectivity index (χ0n) is 5.27. The first kappa shape index (κ1) is 8.31. The molecule has 1 fully saturated rings. The van der Waals surface area contributed by atoms with Gasteiger partial charge in [-0.3, -0.25) is 5.14 Å². The topological polar surface area (TPSA) is 26.0 Å². The van der Waals surface area contributed by atoms with Crippen molar-refractivity contribution in [1.29, 1.82) is 0 Å². The maximum absolute atomic E-state index is 4.19. The van der Waals surface area contributed by atoms with Crippen LogP contribution in [0.4, 0.5) is 0 Å². The monoisotopic (exact) mass is 133 g/mol. The number of hydrogen-bond acceptors (Lipinski definition) is 2. The molecule has 0 aliphatic heterocycles. The van der Waals surface area contributed by atoms with Crippen LogP contribution < -0.4 is 5.14 Å². The first-order chi connectivity index (χ1) is 4.00. The summed E-state index contributed by atoms with van der Waals surface area (Å²) in [5, 5.41) is 4.19. The molecule has 0 bridgehead atoms. The molecular formula is C6H15NS. The molecule has 1 aliphatic rings. The molecular weight excluding hydrogens is 118 g/mol. The van der Waals surface area contributed by atoms with E-state index >= 15 is 0 Å². The molecule has 0 atom stereocenters. The van der Waals surface area contributed by atoms with Crippen LogP contribution in [0.25, 0.3) is 0 Å². The Kier molecular flexibility index (Phi) is 7.59. The van der Waals surface area contributed by atoms with E-state index in [1.54, 1.807) is 0 Å². The van der Waals surface area contributed by atoms with Crippen molar-refractivity contribution < 1.29 is 0 Å². The quantitative estimate of drug-likeness (QED) is 0.486. The molecule has 0 aromatic heterocycles. The number of rotatable bonds is 0. The predicted molar refractivity (Wildman–Crippen MR) is 40.9 cm³/mol. The Balaban J connectivity index is 0.000000222. The van der Waals surface area contributed by atoms with Gasteiger partial charge >= 0.3 is 0 Å². The van der Waals surface area contributed by atoms with Crippen LogP contribution in [0.3, 0.4) is 0 Å². The SMILES string of the molecule is C1CCCCC1.NS. The summed E-state index contributed by atoms with van der Waals surface area (Å²) in [6, 6.07) is 0. The van der Waals surface area contributed by atoms with Crippen LogP contribution in [0.15, 0.2) is 0 Å². The van der Waals surface area contributed by atoms with E-state index in [-0.39, 0.29) is 0 Å². The molecule has 2 heteroatoms. The lowest BCUT2D eigenvalue weighted by Crippen LogP contribution is -1.85. The molecule has 1 nitrogen and oxygen atoms in total. The third kappa shape index (κ3) is 4.47. The van der Waals surface area contributed by atoms with Crippen molar-refractivity contribution in [3.05, 3.63) is 0 Å². The van der Waals surface area contributed by atoms with Gasteiger partial charge in [0.1, 0.15) is 0 Å². The van der Waals surface area contributed by atoms with Gasteiger partial charge in [0, 0.05) is 0 Å². The van der Waals surface area contributed by atoms with E-state index in [0.717, 1.165) is 0 Å². The Hall–Kier alpha value is 0.310. The zero-order chi connectivity index (χ0) is 6.24. The lowest BCUT2D eigenvalue weighted by Gasteiger charge is -2.05. The Morgan fingerprint density at radius 3 is 0.875 bits per heavy atom. The second-order valence-corrected chi connectivity index (χ2v) is 2.12. The van der Waals surface area contributed by atoms with Crippen LogP contribution in [0.1, 0.15) is 38.5 Å². The average Bonchev–Trinajstić information content (AvgIpc) is 1.96. The second kappa shape index (κ2) is 7.31. The number of hydrogen-bond donors (Lipinski definition) is 2. The van der Waals surface area contributed by atoms with Gasteiger partial charge in [-0.15, -0.1) is 12.8 Å². The molecule has 0 radical (unpaired) electrons. The Labute approximate surface area is 57.2 Å². The summed E-state index contributed by atoms with van der Waals surface area (Å²) in [6.45, 7) is 0. The lowest BCUT2D eigenvalue weighted by atomic mass is 10.0. The van der Waals surface area contributed by atoms with Gasteiger partial charge in [-0.1, -0.05) is 38.5 Å². The normalized spacial score (nSPS) is 18.8. The first-order valence-corrected chi connectivity index (χ1v) is 3.77. The maximum atomic E-state index is 4.19. The summed E-state index contributed by atoms with van der Waals surface area (Å²) in [5.74, 6) is 0. The number of thiol groups is 1. The highest BCUT2D eigenvalue weighted by Gasteiger charge is 1.95. The molecule has 1 rings (SSSR count). The van der Waals surface area contributed by atoms with Crippen LogP contribution in [0.2, 0.25) is 0 Å². The molecule has 8 heavy (non-hydrogen) atoms. The fourth-order valence-electron chi connectivity index (χ4n) is 1.06. The highest BCUT2D eigenvalue weighted by molar-refractivity contribution is 7.77. The highest BCUT2D eigenvalue weighted by atomic mass is 32.1. The third-order valence-corrected chi connectivity index (χ3v) is 1.50. The molecule has 0 unspecified atom stereocenters. The molecule has 0 spiro atoms. The Morgan fingerprint density at radius 2 is 0.750 bits per heavy atom. The minimum atomic E-state index is 1.50. The summed E-state index contributed by atoms with van der Waals surface area (Å²) < 4.78 is 0. The van der Waals surface area contributed by atoms with E-state index in [1.165, 1.54) is 38.5 Å². The van der Waals surface area contributed by atoms with Crippen LogP contribution >= 0.6 is 12.8 Å². The molecule has 0 aromatic carbocycles. The third-order valence-electron chi connectivity index (χ3n) is 1.50. The van der Waals surface area contributed by atoms with E-state index in [1.807, 2.05) is 0 Å². The van der Waals surface area contributed by atoms with Gasteiger partial charge in [0.05, 0.1) is 0 Å². The van der Waals surface area contributed by atoms with Gasteiger partial charge in [-0.05, 0) is 0 Å². The van der Waals surface area contributed by atoms with Crippen LogP contribution in [0.5, 0.6) is 0 Å². The van der Waals surface area contributed by atoms with Gasteiger partial charge in [-0.25, -0.2) is 0 Å². The van der Waals surface area contributed by atoms with E-state index < -0.39 is 0 Å². The van der Waals surface area contributed by atoms with E-state index in [9.17, 15) is 0 Å². The molecule has 1 aliphatic carbocycles. The fourth-order valence-corrected chi connectivity index (χ4v) is 1.06. The summed E-state index contributed by atoms with van der Waals surface area (Å²) in [4.78, 5) is 0. The summed E-state index contributed by atoms with van der Waals surface area (Å²) >= 11 is 3.03. The summed E-state index contributed by atoms with van der Waals surface area (Å²) in [7, 11) is 0. The molecule has 0 amide bonds. The first-order valence-electron chi connectivity index (χ1n) is 3.26. The number of nitrogens with two attached hydrogens (primary N) is 1. The van der Waals surface area contributed by atoms with Gasteiger partial charge in [0.2, 0.25) is 0 Å². The molecule has 0 aromatic rings.